The first kappa shape index (κ1) is 22.5. The number of amides is 2. The summed E-state index contributed by atoms with van der Waals surface area (Å²) < 4.78 is 24.4. The van der Waals surface area contributed by atoms with Gasteiger partial charge in [0.1, 0.15) is 11.6 Å². The molecule has 1 unspecified atom stereocenters. The Bertz CT molecular complexity index is 1160. The fourth-order valence-electron chi connectivity index (χ4n) is 3.97. The highest BCUT2D eigenvalue weighted by molar-refractivity contribution is 5.87. The van der Waals surface area contributed by atoms with Crippen molar-refractivity contribution in [3.05, 3.63) is 71.5 Å². The molecule has 1 aliphatic rings. The predicted molar refractivity (Wildman–Crippen MR) is 123 cm³/mol. The van der Waals surface area contributed by atoms with Gasteiger partial charge in [-0.2, -0.15) is 4.98 Å². The van der Waals surface area contributed by atoms with Crippen molar-refractivity contribution in [2.45, 2.75) is 39.2 Å². The number of ether oxygens (including phenoxy) is 1. The van der Waals surface area contributed by atoms with Gasteiger partial charge >= 0.3 is 6.03 Å². The van der Waals surface area contributed by atoms with Crippen LogP contribution in [0, 0.1) is 5.82 Å². The van der Waals surface area contributed by atoms with Crippen molar-refractivity contribution in [3.8, 4) is 17.1 Å². The number of nitrogens with zero attached hydrogens (tertiary/aromatic N) is 3. The molecular weight excluding hydrogens is 423 g/mol. The number of hydrogen-bond acceptors (Lipinski definition) is 5. The average Bonchev–Trinajstić information content (AvgIpc) is 3.31. The van der Waals surface area contributed by atoms with Crippen molar-refractivity contribution < 1.29 is 18.4 Å². The zero-order chi connectivity index (χ0) is 23.4. The molecule has 3 aromatic rings. The minimum atomic E-state index is -0.489. The maximum absolute atomic E-state index is 13.3. The van der Waals surface area contributed by atoms with Crippen LogP contribution in [0.1, 0.15) is 50.6 Å². The second-order valence-corrected chi connectivity index (χ2v) is 7.95. The molecule has 33 heavy (non-hydrogen) atoms. The molecule has 7 nitrogen and oxygen atoms in total. The van der Waals surface area contributed by atoms with Crippen LogP contribution < -0.4 is 10.1 Å². The number of rotatable bonds is 8. The van der Waals surface area contributed by atoms with Gasteiger partial charge in [-0.25, -0.2) is 9.18 Å². The minimum absolute atomic E-state index is 0.168. The molecule has 0 bridgehead atoms. The highest BCUT2D eigenvalue weighted by atomic mass is 19.1. The second kappa shape index (κ2) is 9.85. The normalized spacial score (nSPS) is 16.2. The van der Waals surface area contributed by atoms with E-state index in [-0.39, 0.29) is 11.8 Å². The van der Waals surface area contributed by atoms with E-state index in [4.69, 9.17) is 9.26 Å². The van der Waals surface area contributed by atoms with Crippen LogP contribution in [0.3, 0.4) is 0 Å². The number of nitrogens with one attached hydrogen (secondary N) is 1. The highest BCUT2D eigenvalue weighted by Crippen LogP contribution is 2.38. The highest BCUT2D eigenvalue weighted by Gasteiger charge is 2.35. The van der Waals surface area contributed by atoms with Crippen molar-refractivity contribution in [2.24, 2.45) is 0 Å². The monoisotopic (exact) mass is 450 g/mol. The summed E-state index contributed by atoms with van der Waals surface area (Å²) in [6, 6.07) is 12.8. The Morgan fingerprint density at radius 2 is 1.97 bits per heavy atom. The SMILES string of the molecule is CCCCCN1C(=O)NC(c2cccc(OC)c2)C(c2nc(-c3ccc(F)cc3)no2)=C1C. The van der Waals surface area contributed by atoms with Crippen LogP contribution in [0.25, 0.3) is 17.0 Å². The van der Waals surface area contributed by atoms with Gasteiger partial charge in [0.15, 0.2) is 0 Å². The molecule has 0 fully saturated rings. The Kier molecular flexibility index (Phi) is 6.72. The van der Waals surface area contributed by atoms with Gasteiger partial charge in [0, 0.05) is 17.8 Å². The number of methoxy groups -OCH3 is 1. The van der Waals surface area contributed by atoms with Gasteiger partial charge in [0.25, 0.3) is 5.89 Å². The van der Waals surface area contributed by atoms with Gasteiger partial charge in [-0.15, -0.1) is 0 Å². The summed E-state index contributed by atoms with van der Waals surface area (Å²) in [4.78, 5) is 19.3. The number of halogens is 1. The number of urea groups is 1. The molecule has 4 rings (SSSR count). The predicted octanol–water partition coefficient (Wildman–Crippen LogP) is 5.57. The molecule has 0 saturated heterocycles. The van der Waals surface area contributed by atoms with Crippen molar-refractivity contribution in [3.63, 3.8) is 0 Å². The Hall–Kier alpha value is -3.68. The Morgan fingerprint density at radius 3 is 2.70 bits per heavy atom. The average molecular weight is 451 g/mol. The van der Waals surface area contributed by atoms with Gasteiger partial charge in [0.2, 0.25) is 5.82 Å². The van der Waals surface area contributed by atoms with Crippen LogP contribution in [0.4, 0.5) is 9.18 Å². The topological polar surface area (TPSA) is 80.5 Å². The van der Waals surface area contributed by atoms with Gasteiger partial charge in [-0.1, -0.05) is 37.1 Å². The van der Waals surface area contributed by atoms with E-state index in [1.54, 1.807) is 24.1 Å². The number of aromatic nitrogens is 2. The number of carbonyl (C=O) groups excluding carboxylic acids is 1. The lowest BCUT2D eigenvalue weighted by atomic mass is 9.94. The fourth-order valence-corrected chi connectivity index (χ4v) is 3.97. The van der Waals surface area contributed by atoms with Crippen LogP contribution in [0.5, 0.6) is 5.75 Å². The lowest BCUT2D eigenvalue weighted by Gasteiger charge is -2.35. The third-order valence-electron chi connectivity index (χ3n) is 5.77. The molecule has 0 radical (unpaired) electrons. The smallest absolute Gasteiger partial charge is 0.322 e. The lowest BCUT2D eigenvalue weighted by Crippen LogP contribution is -2.46. The molecular formula is C25H27FN4O3. The molecule has 0 aliphatic carbocycles. The van der Waals surface area contributed by atoms with E-state index in [1.807, 2.05) is 31.2 Å². The fraction of sp³-hybridized carbons (Fsp3) is 0.320. The number of carbonyl (C=O) groups is 1. The van der Waals surface area contributed by atoms with E-state index in [0.717, 1.165) is 36.1 Å². The molecule has 2 amide bonds. The number of hydrogen-bond donors (Lipinski definition) is 1. The first-order chi connectivity index (χ1) is 16.0. The zero-order valence-electron chi connectivity index (χ0n) is 19.0. The van der Waals surface area contributed by atoms with Crippen molar-refractivity contribution >= 4 is 11.6 Å². The molecule has 0 spiro atoms. The van der Waals surface area contributed by atoms with Crippen molar-refractivity contribution in [1.82, 2.24) is 20.4 Å². The number of allylic oxidation sites excluding steroid dienone is 1. The van der Waals surface area contributed by atoms with Crippen molar-refractivity contribution in [2.75, 3.05) is 13.7 Å². The Labute approximate surface area is 192 Å². The summed E-state index contributed by atoms with van der Waals surface area (Å²) in [5.41, 5.74) is 2.96. The van der Waals surface area contributed by atoms with E-state index < -0.39 is 6.04 Å². The van der Waals surface area contributed by atoms with E-state index in [2.05, 4.69) is 22.4 Å². The molecule has 8 heteroatoms. The molecule has 172 valence electrons. The van der Waals surface area contributed by atoms with Gasteiger partial charge in [0.05, 0.1) is 18.7 Å². The van der Waals surface area contributed by atoms with Crippen LogP contribution in [-0.4, -0.2) is 34.7 Å². The molecule has 1 aliphatic heterocycles. The van der Waals surface area contributed by atoms with Crippen molar-refractivity contribution in [1.29, 1.82) is 0 Å². The maximum atomic E-state index is 13.3. The van der Waals surface area contributed by atoms with E-state index in [9.17, 15) is 9.18 Å². The second-order valence-electron chi connectivity index (χ2n) is 7.95. The summed E-state index contributed by atoms with van der Waals surface area (Å²) in [5, 5.41) is 7.20. The van der Waals surface area contributed by atoms with Gasteiger partial charge in [-0.05, 0) is 55.3 Å². The summed E-state index contributed by atoms with van der Waals surface area (Å²) in [5.74, 6) is 1.00. The standard InChI is InChI=1S/C25H27FN4O3/c1-4-5-6-14-30-16(2)21(22(27-25(30)31)18-8-7-9-20(15-18)32-3)24-28-23(29-33-24)17-10-12-19(26)13-11-17/h7-13,15,22H,4-6,14H2,1-3H3,(H,27,31). The summed E-state index contributed by atoms with van der Waals surface area (Å²) in [7, 11) is 1.60. The third-order valence-corrected chi connectivity index (χ3v) is 5.77. The molecule has 2 heterocycles. The van der Waals surface area contributed by atoms with Gasteiger partial charge < -0.3 is 14.6 Å². The summed E-state index contributed by atoms with van der Waals surface area (Å²) in [6.07, 6.45) is 2.98. The zero-order valence-corrected chi connectivity index (χ0v) is 19.0. The van der Waals surface area contributed by atoms with Crippen LogP contribution >= 0.6 is 0 Å². The third kappa shape index (κ3) is 4.74. The summed E-state index contributed by atoms with van der Waals surface area (Å²) in [6.45, 7) is 4.62. The number of benzene rings is 2. The van der Waals surface area contributed by atoms with E-state index in [0.29, 0.717) is 29.6 Å². The van der Waals surface area contributed by atoms with E-state index >= 15 is 0 Å². The molecule has 1 N–H and O–H groups in total. The van der Waals surface area contributed by atoms with Crippen LogP contribution in [0.2, 0.25) is 0 Å². The Morgan fingerprint density at radius 1 is 1.18 bits per heavy atom. The van der Waals surface area contributed by atoms with Gasteiger partial charge in [-0.3, -0.25) is 4.90 Å². The maximum Gasteiger partial charge on any atom is 0.322 e. The van der Waals surface area contributed by atoms with Crippen LogP contribution in [0.15, 0.2) is 58.8 Å². The summed E-state index contributed by atoms with van der Waals surface area (Å²) >= 11 is 0. The van der Waals surface area contributed by atoms with Crippen LogP contribution in [-0.2, 0) is 0 Å². The molecule has 1 aromatic heterocycles. The lowest BCUT2D eigenvalue weighted by molar-refractivity contribution is 0.204. The quantitative estimate of drug-likeness (QED) is 0.454. The Balaban J connectivity index is 1.77. The van der Waals surface area contributed by atoms with E-state index in [1.165, 1.54) is 12.1 Å². The minimum Gasteiger partial charge on any atom is -0.497 e. The molecule has 0 saturated carbocycles. The molecule has 1 atom stereocenters. The largest absolute Gasteiger partial charge is 0.497 e. The first-order valence-corrected chi connectivity index (χ1v) is 11.0. The number of unbranched alkanes of at least 4 members (excludes halogenated alkanes) is 2. The first-order valence-electron chi connectivity index (χ1n) is 11.0. The molecule has 2 aromatic carbocycles.